The van der Waals surface area contributed by atoms with E-state index in [2.05, 4.69) is 17.1 Å². The van der Waals surface area contributed by atoms with Crippen molar-refractivity contribution in [3.8, 4) is 6.07 Å². The van der Waals surface area contributed by atoms with E-state index >= 15 is 0 Å². The van der Waals surface area contributed by atoms with Crippen molar-refractivity contribution in [1.29, 1.82) is 5.26 Å². The molecule has 0 radical (unpaired) electrons. The molecular weight excluding hydrogens is 312 g/mol. The van der Waals surface area contributed by atoms with E-state index in [0.29, 0.717) is 11.6 Å². The van der Waals surface area contributed by atoms with Crippen LogP contribution in [0.3, 0.4) is 0 Å². The van der Waals surface area contributed by atoms with Crippen molar-refractivity contribution in [2.75, 3.05) is 32.7 Å². The molecular formula is C17H21ClN4O. The molecule has 2 rings (SSSR count). The number of nitrogens with zero attached hydrogens (tertiary/aromatic N) is 3. The van der Waals surface area contributed by atoms with Gasteiger partial charge in [-0.15, -0.1) is 0 Å². The molecule has 1 amide bonds. The number of piperazine rings is 1. The topological polar surface area (TPSA) is 59.4 Å². The molecule has 6 heteroatoms. The zero-order chi connectivity index (χ0) is 16.7. The minimum atomic E-state index is -0.370. The summed E-state index contributed by atoms with van der Waals surface area (Å²) >= 11 is 6.06. The van der Waals surface area contributed by atoms with Crippen LogP contribution in [0.2, 0.25) is 5.02 Å². The number of hydrogen-bond donors (Lipinski definition) is 1. The molecule has 1 fully saturated rings. The Morgan fingerprint density at radius 3 is 2.65 bits per heavy atom. The number of nitriles is 1. The molecule has 1 N–H and O–H groups in total. The van der Waals surface area contributed by atoms with Crippen molar-refractivity contribution >= 4 is 17.5 Å². The summed E-state index contributed by atoms with van der Waals surface area (Å²) in [6.07, 6.45) is 1.66. The van der Waals surface area contributed by atoms with E-state index in [1.807, 2.05) is 29.2 Å². The third kappa shape index (κ3) is 4.98. The summed E-state index contributed by atoms with van der Waals surface area (Å²) in [5.74, 6) is -0.370. The van der Waals surface area contributed by atoms with Crippen molar-refractivity contribution in [3.63, 3.8) is 0 Å². The van der Waals surface area contributed by atoms with Crippen LogP contribution in [-0.4, -0.2) is 48.4 Å². The van der Waals surface area contributed by atoms with Gasteiger partial charge in [0.05, 0.1) is 0 Å². The van der Waals surface area contributed by atoms with Gasteiger partial charge in [0.15, 0.2) is 0 Å². The molecule has 0 aromatic heterocycles. The maximum Gasteiger partial charge on any atom is 0.263 e. The van der Waals surface area contributed by atoms with E-state index in [-0.39, 0.29) is 11.5 Å². The first-order valence-corrected chi connectivity index (χ1v) is 8.11. The molecule has 0 saturated carbocycles. The van der Waals surface area contributed by atoms with Crippen LogP contribution in [0.1, 0.15) is 12.5 Å². The second kappa shape index (κ2) is 8.56. The van der Waals surface area contributed by atoms with Crippen LogP contribution in [0.25, 0.3) is 0 Å². The van der Waals surface area contributed by atoms with E-state index in [1.165, 1.54) is 0 Å². The van der Waals surface area contributed by atoms with Gasteiger partial charge in [0, 0.05) is 43.9 Å². The first kappa shape index (κ1) is 17.3. The van der Waals surface area contributed by atoms with E-state index in [1.54, 1.807) is 12.3 Å². The lowest BCUT2D eigenvalue weighted by Gasteiger charge is -2.33. The highest BCUT2D eigenvalue weighted by atomic mass is 35.5. The fourth-order valence-electron chi connectivity index (χ4n) is 2.44. The lowest BCUT2D eigenvalue weighted by molar-refractivity contribution is -0.117. The molecule has 1 aromatic carbocycles. The van der Waals surface area contributed by atoms with Gasteiger partial charge in [-0.2, -0.15) is 5.26 Å². The highest BCUT2D eigenvalue weighted by Crippen LogP contribution is 2.14. The summed E-state index contributed by atoms with van der Waals surface area (Å²) in [5.41, 5.74) is 0.957. The molecule has 1 aromatic rings. The van der Waals surface area contributed by atoms with Gasteiger partial charge in [0.1, 0.15) is 11.6 Å². The van der Waals surface area contributed by atoms with Gasteiger partial charge in [0.25, 0.3) is 5.91 Å². The summed E-state index contributed by atoms with van der Waals surface area (Å²) in [5, 5.41) is 12.6. The largest absolute Gasteiger partial charge is 0.374 e. The smallest absolute Gasteiger partial charge is 0.263 e. The van der Waals surface area contributed by atoms with Crippen molar-refractivity contribution in [3.05, 3.63) is 46.6 Å². The van der Waals surface area contributed by atoms with Crippen LogP contribution in [0.15, 0.2) is 36.0 Å². The maximum atomic E-state index is 12.2. The van der Waals surface area contributed by atoms with Crippen LogP contribution in [0.4, 0.5) is 0 Å². The van der Waals surface area contributed by atoms with Gasteiger partial charge in [-0.3, -0.25) is 4.79 Å². The SMILES string of the molecule is CCN1CCN(/C=C(/C#N)C(=O)NCc2ccccc2Cl)CC1. The van der Waals surface area contributed by atoms with Gasteiger partial charge in [0.2, 0.25) is 0 Å². The number of amides is 1. The average Bonchev–Trinajstić information content (AvgIpc) is 2.59. The van der Waals surface area contributed by atoms with Gasteiger partial charge in [-0.05, 0) is 18.2 Å². The monoisotopic (exact) mass is 332 g/mol. The normalized spacial score (nSPS) is 16.0. The van der Waals surface area contributed by atoms with Crippen LogP contribution in [0.5, 0.6) is 0 Å². The first-order valence-electron chi connectivity index (χ1n) is 7.74. The number of benzene rings is 1. The number of nitrogens with one attached hydrogen (secondary N) is 1. The zero-order valence-corrected chi connectivity index (χ0v) is 14.0. The van der Waals surface area contributed by atoms with Gasteiger partial charge >= 0.3 is 0 Å². The van der Waals surface area contributed by atoms with Crippen LogP contribution >= 0.6 is 11.6 Å². The van der Waals surface area contributed by atoms with E-state index in [9.17, 15) is 10.1 Å². The molecule has 0 spiro atoms. The Morgan fingerprint density at radius 1 is 1.35 bits per heavy atom. The Bertz CT molecular complexity index is 615. The molecule has 1 aliphatic heterocycles. The number of likely N-dealkylation sites (N-methyl/N-ethyl adjacent to an activating group) is 1. The van der Waals surface area contributed by atoms with Crippen LogP contribution < -0.4 is 5.32 Å². The predicted octanol–water partition coefficient (Wildman–Crippen LogP) is 2.00. The van der Waals surface area contributed by atoms with Gasteiger partial charge < -0.3 is 15.1 Å². The molecule has 1 saturated heterocycles. The quantitative estimate of drug-likeness (QED) is 0.662. The standard InChI is InChI=1S/C17H21ClN4O/c1-2-21-7-9-22(10-8-21)13-15(11-19)17(23)20-12-14-5-3-4-6-16(14)18/h3-6,13H,2,7-10,12H2,1H3,(H,20,23)/b15-13-. The molecule has 0 atom stereocenters. The third-order valence-corrected chi connectivity index (χ3v) is 4.30. The molecule has 0 bridgehead atoms. The van der Waals surface area contributed by atoms with Gasteiger partial charge in [-0.25, -0.2) is 0 Å². The lowest BCUT2D eigenvalue weighted by atomic mass is 10.2. The fraction of sp³-hybridized carbons (Fsp3) is 0.412. The average molecular weight is 333 g/mol. The first-order chi connectivity index (χ1) is 11.1. The Morgan fingerprint density at radius 2 is 2.04 bits per heavy atom. The number of rotatable bonds is 5. The number of hydrogen-bond acceptors (Lipinski definition) is 4. The fourth-order valence-corrected chi connectivity index (χ4v) is 2.64. The minimum absolute atomic E-state index is 0.127. The molecule has 5 nitrogen and oxygen atoms in total. The Kier molecular flexibility index (Phi) is 6.45. The zero-order valence-electron chi connectivity index (χ0n) is 13.3. The molecule has 122 valence electrons. The van der Waals surface area contributed by atoms with Crippen molar-refractivity contribution in [1.82, 2.24) is 15.1 Å². The Labute approximate surface area is 142 Å². The highest BCUT2D eigenvalue weighted by Gasteiger charge is 2.16. The van der Waals surface area contributed by atoms with E-state index in [4.69, 9.17) is 11.6 Å². The number of halogens is 1. The van der Waals surface area contributed by atoms with Crippen LogP contribution in [-0.2, 0) is 11.3 Å². The molecule has 1 heterocycles. The lowest BCUT2D eigenvalue weighted by Crippen LogP contribution is -2.44. The Balaban J connectivity index is 1.92. The second-order valence-electron chi connectivity index (χ2n) is 5.40. The molecule has 0 unspecified atom stereocenters. The van der Waals surface area contributed by atoms with Crippen LogP contribution in [0, 0.1) is 11.3 Å². The number of carbonyl (C=O) groups is 1. The highest BCUT2D eigenvalue weighted by molar-refractivity contribution is 6.31. The summed E-state index contributed by atoms with van der Waals surface area (Å²) < 4.78 is 0. The van der Waals surface area contributed by atoms with Crippen molar-refractivity contribution < 1.29 is 4.79 Å². The summed E-state index contributed by atoms with van der Waals surface area (Å²) in [6.45, 7) is 7.03. The summed E-state index contributed by atoms with van der Waals surface area (Å²) in [7, 11) is 0. The molecule has 1 aliphatic rings. The molecule has 23 heavy (non-hydrogen) atoms. The van der Waals surface area contributed by atoms with E-state index < -0.39 is 0 Å². The van der Waals surface area contributed by atoms with E-state index in [0.717, 1.165) is 38.3 Å². The van der Waals surface area contributed by atoms with Crippen molar-refractivity contribution in [2.45, 2.75) is 13.5 Å². The van der Waals surface area contributed by atoms with Gasteiger partial charge in [-0.1, -0.05) is 36.7 Å². The number of carbonyl (C=O) groups excluding carboxylic acids is 1. The third-order valence-electron chi connectivity index (χ3n) is 3.93. The predicted molar refractivity (Wildman–Crippen MR) is 90.7 cm³/mol. The van der Waals surface area contributed by atoms with Crippen molar-refractivity contribution in [2.24, 2.45) is 0 Å². The summed E-state index contributed by atoms with van der Waals surface area (Å²) in [4.78, 5) is 16.5. The maximum absolute atomic E-state index is 12.2. The Hall–Kier alpha value is -2.03. The summed E-state index contributed by atoms with van der Waals surface area (Å²) in [6, 6.07) is 9.31. The second-order valence-corrected chi connectivity index (χ2v) is 5.81. The molecule has 0 aliphatic carbocycles. The minimum Gasteiger partial charge on any atom is -0.374 e.